The van der Waals surface area contributed by atoms with Gasteiger partial charge < -0.3 is 9.64 Å². The van der Waals surface area contributed by atoms with Crippen molar-refractivity contribution in [3.8, 4) is 5.88 Å². The summed E-state index contributed by atoms with van der Waals surface area (Å²) in [5.41, 5.74) is 2.34. The van der Waals surface area contributed by atoms with Gasteiger partial charge in [-0.3, -0.25) is 4.68 Å². The van der Waals surface area contributed by atoms with Crippen molar-refractivity contribution >= 4 is 21.7 Å². The maximum atomic E-state index is 6.24. The first-order valence-corrected chi connectivity index (χ1v) is 10.7. The number of fused-ring (bicyclic) bond motifs is 2. The first-order valence-electron chi connectivity index (χ1n) is 10.7. The van der Waals surface area contributed by atoms with Gasteiger partial charge in [-0.1, -0.05) is 61.0 Å². The van der Waals surface area contributed by atoms with E-state index < -0.39 is 0 Å². The van der Waals surface area contributed by atoms with Gasteiger partial charge in [0.05, 0.1) is 17.4 Å². The number of rotatable bonds is 6. The first-order chi connectivity index (χ1) is 14.4. The minimum atomic E-state index is 0.522. The average molecular weight is 386 g/mol. The van der Waals surface area contributed by atoms with Crippen LogP contribution in [0.1, 0.15) is 24.8 Å². The molecule has 0 amide bonds. The molecule has 148 valence electrons. The molecule has 0 aliphatic carbocycles. The van der Waals surface area contributed by atoms with Crippen LogP contribution in [-0.2, 0) is 13.2 Å². The van der Waals surface area contributed by atoms with Crippen LogP contribution in [0.4, 0.5) is 0 Å². The molecule has 1 aliphatic heterocycles. The molecule has 3 aromatic carbocycles. The zero-order chi connectivity index (χ0) is 19.5. The number of aromatic nitrogens is 2. The van der Waals surface area contributed by atoms with Gasteiger partial charge in [-0.15, -0.1) is 5.10 Å². The summed E-state index contributed by atoms with van der Waals surface area (Å²) in [7, 11) is 0. The van der Waals surface area contributed by atoms with Gasteiger partial charge >= 0.3 is 0 Å². The minimum absolute atomic E-state index is 0.522. The molecule has 1 aromatic heterocycles. The molecule has 4 nitrogen and oxygen atoms in total. The summed E-state index contributed by atoms with van der Waals surface area (Å²) in [4.78, 5) is 2.55. The van der Waals surface area contributed by atoms with Gasteiger partial charge in [-0.25, -0.2) is 0 Å². The van der Waals surface area contributed by atoms with Gasteiger partial charge in [0.15, 0.2) is 0 Å². The third kappa shape index (κ3) is 3.85. The third-order valence-electron chi connectivity index (χ3n) is 5.95. The lowest BCUT2D eigenvalue weighted by molar-refractivity contribution is 0.217. The summed E-state index contributed by atoms with van der Waals surface area (Å²) in [6.45, 7) is 4.90. The van der Waals surface area contributed by atoms with E-state index in [1.54, 1.807) is 0 Å². The number of ether oxygens (including phenoxy) is 1. The zero-order valence-corrected chi connectivity index (χ0v) is 16.8. The Morgan fingerprint density at radius 3 is 2.41 bits per heavy atom. The van der Waals surface area contributed by atoms with Crippen molar-refractivity contribution in [3.05, 3.63) is 72.3 Å². The van der Waals surface area contributed by atoms with Crippen molar-refractivity contribution in [2.24, 2.45) is 0 Å². The van der Waals surface area contributed by atoms with Gasteiger partial charge in [-0.05, 0) is 54.4 Å². The van der Waals surface area contributed by atoms with Crippen molar-refractivity contribution < 1.29 is 4.74 Å². The van der Waals surface area contributed by atoms with Crippen LogP contribution in [0.25, 0.3) is 21.7 Å². The molecule has 1 aliphatic rings. The smallest absolute Gasteiger partial charge is 0.241 e. The largest absolute Gasteiger partial charge is 0.471 e. The summed E-state index contributed by atoms with van der Waals surface area (Å²) in [5.74, 6) is 0.729. The third-order valence-corrected chi connectivity index (χ3v) is 5.95. The van der Waals surface area contributed by atoms with Crippen molar-refractivity contribution in [2.45, 2.75) is 32.4 Å². The highest BCUT2D eigenvalue weighted by molar-refractivity contribution is 5.86. The number of benzene rings is 3. The molecule has 0 unspecified atom stereocenters. The molecule has 1 saturated heterocycles. The topological polar surface area (TPSA) is 30.3 Å². The van der Waals surface area contributed by atoms with Gasteiger partial charge in [0.1, 0.15) is 6.61 Å². The monoisotopic (exact) mass is 385 g/mol. The molecular weight excluding hydrogens is 358 g/mol. The SMILES string of the molecule is c1ccc2c(COc3nn(CCN4CCCCC4)c4ccccc34)cccc2c1. The van der Waals surface area contributed by atoms with Crippen LogP contribution in [0.2, 0.25) is 0 Å². The number of para-hydroxylation sites is 1. The van der Waals surface area contributed by atoms with Crippen LogP contribution in [-0.4, -0.2) is 34.3 Å². The molecule has 0 bridgehead atoms. The van der Waals surface area contributed by atoms with Crippen LogP contribution in [0, 0.1) is 0 Å². The molecule has 29 heavy (non-hydrogen) atoms. The molecule has 4 heteroatoms. The average Bonchev–Trinajstić information content (AvgIpc) is 3.15. The fraction of sp³-hybridized carbons (Fsp3) is 0.320. The minimum Gasteiger partial charge on any atom is -0.471 e. The Hall–Kier alpha value is -2.85. The highest BCUT2D eigenvalue weighted by Gasteiger charge is 2.14. The van der Waals surface area contributed by atoms with Gasteiger partial charge in [0.2, 0.25) is 5.88 Å². The Labute approximate surface area is 171 Å². The van der Waals surface area contributed by atoms with Crippen LogP contribution in [0.5, 0.6) is 5.88 Å². The van der Waals surface area contributed by atoms with Crippen LogP contribution < -0.4 is 4.74 Å². The molecular formula is C25H27N3O. The maximum Gasteiger partial charge on any atom is 0.241 e. The molecule has 0 spiro atoms. The maximum absolute atomic E-state index is 6.24. The second kappa shape index (κ2) is 8.26. The Morgan fingerprint density at radius 2 is 1.52 bits per heavy atom. The van der Waals surface area contributed by atoms with E-state index in [-0.39, 0.29) is 0 Å². The Bertz CT molecular complexity index is 1110. The lowest BCUT2D eigenvalue weighted by atomic mass is 10.1. The molecule has 5 rings (SSSR count). The van der Waals surface area contributed by atoms with Crippen molar-refractivity contribution in [2.75, 3.05) is 19.6 Å². The van der Waals surface area contributed by atoms with Crippen LogP contribution in [0.3, 0.4) is 0 Å². The van der Waals surface area contributed by atoms with Gasteiger partial charge in [0.25, 0.3) is 0 Å². The standard InChI is InChI=1S/C25H27N3O/c1-6-15-27(16-7-1)17-18-28-24-14-5-4-13-23(24)25(26-28)29-19-21-11-8-10-20-9-2-3-12-22(20)21/h2-5,8-14H,1,6-7,15-19H2. The van der Waals surface area contributed by atoms with E-state index >= 15 is 0 Å². The predicted octanol–water partition coefficient (Wildman–Crippen LogP) is 5.25. The van der Waals surface area contributed by atoms with Gasteiger partial charge in [0, 0.05) is 6.54 Å². The second-order valence-electron chi connectivity index (χ2n) is 7.87. The lowest BCUT2D eigenvalue weighted by Gasteiger charge is -2.26. The Kier molecular flexibility index (Phi) is 5.18. The molecule has 1 fully saturated rings. The molecule has 0 N–H and O–H groups in total. The fourth-order valence-electron chi connectivity index (χ4n) is 4.36. The van der Waals surface area contributed by atoms with Gasteiger partial charge in [-0.2, -0.15) is 0 Å². The number of likely N-dealkylation sites (tertiary alicyclic amines) is 1. The van der Waals surface area contributed by atoms with Crippen molar-refractivity contribution in [1.82, 2.24) is 14.7 Å². The van der Waals surface area contributed by atoms with E-state index in [9.17, 15) is 0 Å². The Morgan fingerprint density at radius 1 is 0.759 bits per heavy atom. The molecule has 4 aromatic rings. The normalized spacial score (nSPS) is 15.2. The number of hydrogen-bond acceptors (Lipinski definition) is 3. The van der Waals surface area contributed by atoms with Crippen molar-refractivity contribution in [1.29, 1.82) is 0 Å². The van der Waals surface area contributed by atoms with Crippen LogP contribution >= 0.6 is 0 Å². The number of nitrogens with zero attached hydrogens (tertiary/aromatic N) is 3. The predicted molar refractivity (Wildman–Crippen MR) is 118 cm³/mol. The summed E-state index contributed by atoms with van der Waals surface area (Å²) in [5, 5.41) is 8.41. The highest BCUT2D eigenvalue weighted by Crippen LogP contribution is 2.27. The summed E-state index contributed by atoms with van der Waals surface area (Å²) >= 11 is 0. The zero-order valence-electron chi connectivity index (χ0n) is 16.8. The first kappa shape index (κ1) is 18.2. The Balaban J connectivity index is 1.37. The summed E-state index contributed by atoms with van der Waals surface area (Å²) in [6.07, 6.45) is 4.01. The van der Waals surface area contributed by atoms with E-state index in [2.05, 4.69) is 76.3 Å². The number of hydrogen-bond donors (Lipinski definition) is 0. The molecule has 0 radical (unpaired) electrons. The second-order valence-corrected chi connectivity index (χ2v) is 7.87. The summed E-state index contributed by atoms with van der Waals surface area (Å²) in [6, 6.07) is 23.2. The van der Waals surface area contributed by atoms with E-state index in [0.29, 0.717) is 6.61 Å². The van der Waals surface area contributed by atoms with Crippen LogP contribution in [0.15, 0.2) is 66.7 Å². The van der Waals surface area contributed by atoms with Crippen molar-refractivity contribution in [3.63, 3.8) is 0 Å². The number of piperidine rings is 1. The van der Waals surface area contributed by atoms with E-state index in [0.717, 1.165) is 29.9 Å². The fourth-order valence-corrected chi connectivity index (χ4v) is 4.36. The van der Waals surface area contributed by atoms with E-state index in [4.69, 9.17) is 9.84 Å². The highest BCUT2D eigenvalue weighted by atomic mass is 16.5. The molecule has 0 atom stereocenters. The lowest BCUT2D eigenvalue weighted by Crippen LogP contribution is -2.32. The van der Waals surface area contributed by atoms with E-state index in [1.807, 2.05) is 0 Å². The summed E-state index contributed by atoms with van der Waals surface area (Å²) < 4.78 is 8.35. The van der Waals surface area contributed by atoms with E-state index in [1.165, 1.54) is 48.7 Å². The molecule has 2 heterocycles. The molecule has 0 saturated carbocycles. The quantitative estimate of drug-likeness (QED) is 0.454.